The van der Waals surface area contributed by atoms with Crippen molar-refractivity contribution in [1.29, 1.82) is 0 Å². The number of hydrogen-bond acceptors (Lipinski definition) is 4. The Balaban J connectivity index is 1.64. The Hall–Kier alpha value is -1.40. The molecule has 2 atom stereocenters. The van der Waals surface area contributed by atoms with Crippen LogP contribution in [0.25, 0.3) is 10.9 Å². The number of aromatic nitrogens is 1. The van der Waals surface area contributed by atoms with Crippen LogP contribution < -0.4 is 5.32 Å². The molecule has 2 saturated heterocycles. The first kappa shape index (κ1) is 15.8. The Morgan fingerprint density at radius 3 is 2.96 bits per heavy atom. The Kier molecular flexibility index (Phi) is 4.05. The fourth-order valence-corrected chi connectivity index (χ4v) is 5.17. The third kappa shape index (κ3) is 2.53. The maximum atomic E-state index is 10.1. The summed E-state index contributed by atoms with van der Waals surface area (Å²) in [5.41, 5.74) is 5.47. The second kappa shape index (κ2) is 6.40. The normalized spacial score (nSPS) is 26.8. The van der Waals surface area contributed by atoms with E-state index in [1.807, 2.05) is 0 Å². The van der Waals surface area contributed by atoms with Crippen molar-refractivity contribution in [2.75, 3.05) is 32.8 Å². The van der Waals surface area contributed by atoms with Crippen LogP contribution in [0.15, 0.2) is 18.2 Å². The Morgan fingerprint density at radius 1 is 1.24 bits per heavy atom. The van der Waals surface area contributed by atoms with Crippen molar-refractivity contribution in [2.24, 2.45) is 0 Å². The zero-order chi connectivity index (χ0) is 16.8. The third-order valence-electron chi connectivity index (χ3n) is 6.37. The molecule has 2 aliphatic heterocycles. The van der Waals surface area contributed by atoms with Crippen LogP contribution in [0.1, 0.15) is 35.6 Å². The Morgan fingerprint density at radius 2 is 2.12 bits per heavy atom. The van der Waals surface area contributed by atoms with Gasteiger partial charge in [-0.1, -0.05) is 12.1 Å². The molecule has 0 radical (unpaired) electrons. The number of morpholine rings is 1. The van der Waals surface area contributed by atoms with Gasteiger partial charge in [-0.05, 0) is 43.0 Å². The number of piperidine rings is 1. The van der Waals surface area contributed by atoms with E-state index in [4.69, 9.17) is 4.74 Å². The lowest BCUT2D eigenvalue weighted by Crippen LogP contribution is -2.43. The second-order valence-electron chi connectivity index (χ2n) is 7.64. The minimum absolute atomic E-state index is 0.0579. The fourth-order valence-electron chi connectivity index (χ4n) is 5.17. The van der Waals surface area contributed by atoms with Crippen molar-refractivity contribution in [3.63, 3.8) is 0 Å². The highest BCUT2D eigenvalue weighted by molar-refractivity contribution is 5.90. The molecule has 2 fully saturated rings. The molecule has 1 aliphatic carbocycles. The number of nitrogens with one attached hydrogen (secondary N) is 1. The lowest BCUT2D eigenvalue weighted by molar-refractivity contribution is 0.0324. The van der Waals surface area contributed by atoms with Crippen molar-refractivity contribution < 1.29 is 9.84 Å². The number of aliphatic hydroxyl groups excluding tert-OH is 1. The molecule has 1 aromatic carbocycles. The summed E-state index contributed by atoms with van der Waals surface area (Å²) in [7, 11) is 0. The highest BCUT2D eigenvalue weighted by Crippen LogP contribution is 2.43. The lowest BCUT2D eigenvalue weighted by Gasteiger charge is -2.37. The van der Waals surface area contributed by atoms with Crippen molar-refractivity contribution in [3.05, 3.63) is 35.0 Å². The third-order valence-corrected chi connectivity index (χ3v) is 6.37. The SMILES string of the molecule is OCn1c(CN2CCOCC2)c2c3c(cccc31)[C@H]1CCCN[C@@H]1C2. The summed E-state index contributed by atoms with van der Waals surface area (Å²) in [5, 5.41) is 15.3. The van der Waals surface area contributed by atoms with Crippen LogP contribution >= 0.6 is 0 Å². The number of aliphatic hydroxyl groups is 1. The molecule has 0 spiro atoms. The van der Waals surface area contributed by atoms with Gasteiger partial charge in [-0.3, -0.25) is 4.90 Å². The van der Waals surface area contributed by atoms with Gasteiger partial charge in [0.15, 0.2) is 0 Å². The summed E-state index contributed by atoms with van der Waals surface area (Å²) in [4.78, 5) is 2.46. The van der Waals surface area contributed by atoms with E-state index in [0.717, 1.165) is 45.8 Å². The van der Waals surface area contributed by atoms with Crippen LogP contribution in [0, 0.1) is 0 Å². The molecule has 2 N–H and O–H groups in total. The molecule has 0 bridgehead atoms. The summed E-state index contributed by atoms with van der Waals surface area (Å²) >= 11 is 0. The monoisotopic (exact) mass is 341 g/mol. The van der Waals surface area contributed by atoms with Gasteiger partial charge in [-0.2, -0.15) is 0 Å². The van der Waals surface area contributed by atoms with Gasteiger partial charge in [0.1, 0.15) is 6.73 Å². The summed E-state index contributed by atoms with van der Waals surface area (Å²) in [5.74, 6) is 0.621. The van der Waals surface area contributed by atoms with Gasteiger partial charge in [0.2, 0.25) is 0 Å². The van der Waals surface area contributed by atoms with Gasteiger partial charge < -0.3 is 19.7 Å². The highest BCUT2D eigenvalue weighted by Gasteiger charge is 2.35. The number of hydrogen-bond donors (Lipinski definition) is 2. The topological polar surface area (TPSA) is 49.7 Å². The molecule has 2 aromatic rings. The van der Waals surface area contributed by atoms with Crippen molar-refractivity contribution in [3.8, 4) is 0 Å². The second-order valence-corrected chi connectivity index (χ2v) is 7.64. The molecule has 1 aromatic heterocycles. The van der Waals surface area contributed by atoms with E-state index in [0.29, 0.717) is 12.0 Å². The van der Waals surface area contributed by atoms with E-state index in [1.165, 1.54) is 40.6 Å². The summed E-state index contributed by atoms with van der Waals surface area (Å²) < 4.78 is 7.64. The van der Waals surface area contributed by atoms with Crippen LogP contribution in [0.2, 0.25) is 0 Å². The first-order chi connectivity index (χ1) is 12.4. The molecule has 25 heavy (non-hydrogen) atoms. The van der Waals surface area contributed by atoms with Crippen molar-refractivity contribution in [1.82, 2.24) is 14.8 Å². The molecule has 0 saturated carbocycles. The summed E-state index contributed by atoms with van der Waals surface area (Å²) in [6, 6.07) is 7.21. The number of fused-ring (bicyclic) bond motifs is 2. The first-order valence-corrected chi connectivity index (χ1v) is 9.64. The zero-order valence-corrected chi connectivity index (χ0v) is 14.7. The molecule has 5 heteroatoms. The predicted molar refractivity (Wildman–Crippen MR) is 97.7 cm³/mol. The largest absolute Gasteiger partial charge is 0.379 e. The van der Waals surface area contributed by atoms with Gasteiger partial charge >= 0.3 is 0 Å². The Bertz CT molecular complexity index is 779. The molecule has 0 amide bonds. The Labute approximate surface area is 148 Å². The van der Waals surface area contributed by atoms with Crippen molar-refractivity contribution >= 4 is 10.9 Å². The van der Waals surface area contributed by atoms with Crippen LogP contribution in [0.5, 0.6) is 0 Å². The molecule has 5 nitrogen and oxygen atoms in total. The summed E-state index contributed by atoms with van der Waals surface area (Å²) in [6.45, 7) is 5.67. The first-order valence-electron chi connectivity index (χ1n) is 9.64. The number of nitrogens with zero attached hydrogens (tertiary/aromatic N) is 2. The van der Waals surface area contributed by atoms with Gasteiger partial charge in [0.25, 0.3) is 0 Å². The average Bonchev–Trinajstić information content (AvgIpc) is 2.97. The van der Waals surface area contributed by atoms with Crippen molar-refractivity contribution in [2.45, 2.75) is 44.5 Å². The highest BCUT2D eigenvalue weighted by atomic mass is 16.5. The number of ether oxygens (including phenoxy) is 1. The predicted octanol–water partition coefficient (Wildman–Crippen LogP) is 1.81. The van der Waals surface area contributed by atoms with Gasteiger partial charge in [0.05, 0.1) is 18.7 Å². The lowest BCUT2D eigenvalue weighted by atomic mass is 9.75. The maximum Gasteiger partial charge on any atom is 0.120 e. The molecule has 3 aliphatic rings. The molecule has 5 rings (SSSR count). The fraction of sp³-hybridized carbons (Fsp3) is 0.600. The average molecular weight is 341 g/mol. The van der Waals surface area contributed by atoms with Gasteiger partial charge in [0, 0.05) is 42.7 Å². The molecule has 3 heterocycles. The standard InChI is InChI=1S/C20H27N3O2/c24-13-23-18-5-1-3-15-14-4-2-6-21-17(14)11-16(20(15)18)19(23)12-22-7-9-25-10-8-22/h1,3,5,14,17,21,24H,2,4,6-13H2/t14-,17-/m1/s1. The van der Waals surface area contributed by atoms with Crippen LogP contribution in [0.3, 0.4) is 0 Å². The number of benzene rings is 1. The van der Waals surface area contributed by atoms with E-state index < -0.39 is 0 Å². The summed E-state index contributed by atoms with van der Waals surface area (Å²) in [6.07, 6.45) is 3.62. The van der Waals surface area contributed by atoms with Crippen LogP contribution in [-0.2, 0) is 24.4 Å². The molecule has 134 valence electrons. The van der Waals surface area contributed by atoms with E-state index in [-0.39, 0.29) is 6.73 Å². The maximum absolute atomic E-state index is 10.1. The molecular weight excluding hydrogens is 314 g/mol. The van der Waals surface area contributed by atoms with Crippen LogP contribution in [0.4, 0.5) is 0 Å². The minimum atomic E-state index is 0.0579. The zero-order valence-electron chi connectivity index (χ0n) is 14.7. The van der Waals surface area contributed by atoms with E-state index >= 15 is 0 Å². The van der Waals surface area contributed by atoms with Crippen LogP contribution in [-0.4, -0.2) is 53.5 Å². The van der Waals surface area contributed by atoms with E-state index in [1.54, 1.807) is 0 Å². The number of rotatable bonds is 3. The van der Waals surface area contributed by atoms with E-state index in [2.05, 4.69) is 33.0 Å². The van der Waals surface area contributed by atoms with E-state index in [9.17, 15) is 5.11 Å². The molecular formula is C20H27N3O2. The molecule has 0 unspecified atom stereocenters. The van der Waals surface area contributed by atoms with Gasteiger partial charge in [-0.15, -0.1) is 0 Å². The quantitative estimate of drug-likeness (QED) is 0.894. The smallest absolute Gasteiger partial charge is 0.120 e. The van der Waals surface area contributed by atoms with Gasteiger partial charge in [-0.25, -0.2) is 0 Å². The minimum Gasteiger partial charge on any atom is -0.379 e.